The number of fused-ring (bicyclic) bond motifs is 1. The number of pyridine rings is 1. The Bertz CT molecular complexity index is 625. The Morgan fingerprint density at radius 1 is 1.43 bits per heavy atom. The molecule has 0 saturated heterocycles. The number of rotatable bonds is 7. The predicted octanol–water partition coefficient (Wildman–Crippen LogP) is 2.79. The molecule has 0 bridgehead atoms. The number of ether oxygens (including phenoxy) is 1. The van der Waals surface area contributed by atoms with Crippen LogP contribution < -0.4 is 0 Å². The summed E-state index contributed by atoms with van der Waals surface area (Å²) in [6.45, 7) is 7.55. The second-order valence-electron chi connectivity index (χ2n) is 4.79. The molecular weight excluding hydrogens is 264 g/mol. The Balaban J connectivity index is 2.10. The van der Waals surface area contributed by atoms with E-state index < -0.39 is 0 Å². The van der Waals surface area contributed by atoms with E-state index in [-0.39, 0.29) is 12.5 Å². The van der Waals surface area contributed by atoms with E-state index in [0.717, 1.165) is 16.5 Å². The molecule has 2 rings (SSSR count). The van der Waals surface area contributed by atoms with Crippen molar-refractivity contribution < 1.29 is 9.53 Å². The second-order valence-corrected chi connectivity index (χ2v) is 4.79. The van der Waals surface area contributed by atoms with Crippen LogP contribution in [0.2, 0.25) is 0 Å². The molecule has 2 aromatic rings. The number of carbonyl (C=O) groups excluding carboxylic acids is 1. The molecule has 0 saturated carbocycles. The molecule has 110 valence electrons. The van der Waals surface area contributed by atoms with Gasteiger partial charge in [-0.2, -0.15) is 0 Å². The van der Waals surface area contributed by atoms with Crippen molar-refractivity contribution in [1.82, 2.24) is 9.88 Å². The van der Waals surface area contributed by atoms with Crippen LogP contribution in [0.4, 0.5) is 0 Å². The molecule has 4 heteroatoms. The molecule has 0 N–H and O–H groups in total. The number of carbonyl (C=O) groups is 1. The van der Waals surface area contributed by atoms with Crippen molar-refractivity contribution in [2.24, 2.45) is 0 Å². The van der Waals surface area contributed by atoms with Crippen LogP contribution in [0.5, 0.6) is 0 Å². The summed E-state index contributed by atoms with van der Waals surface area (Å²) in [5, 5.41) is 1.10. The van der Waals surface area contributed by atoms with Gasteiger partial charge in [-0.15, -0.1) is 6.58 Å². The molecule has 0 aliphatic heterocycles. The molecule has 1 aromatic carbocycles. The quantitative estimate of drug-likeness (QED) is 0.579. The zero-order valence-corrected chi connectivity index (χ0v) is 12.3. The summed E-state index contributed by atoms with van der Waals surface area (Å²) in [5.41, 5.74) is 2.11. The van der Waals surface area contributed by atoms with Gasteiger partial charge in [0.05, 0.1) is 18.7 Å². The Labute approximate surface area is 125 Å². The molecule has 1 aromatic heterocycles. The lowest BCUT2D eigenvalue weighted by molar-refractivity contribution is -0.144. The number of nitrogens with zero attached hydrogens (tertiary/aromatic N) is 2. The second kappa shape index (κ2) is 7.55. The van der Waals surface area contributed by atoms with Gasteiger partial charge < -0.3 is 4.74 Å². The van der Waals surface area contributed by atoms with Gasteiger partial charge >= 0.3 is 5.97 Å². The van der Waals surface area contributed by atoms with Crippen LogP contribution in [0, 0.1) is 0 Å². The molecule has 0 atom stereocenters. The summed E-state index contributed by atoms with van der Waals surface area (Å²) in [6, 6.07) is 10.1. The lowest BCUT2D eigenvalue weighted by Crippen LogP contribution is -2.30. The smallest absolute Gasteiger partial charge is 0.320 e. The van der Waals surface area contributed by atoms with Gasteiger partial charge in [0.15, 0.2) is 0 Å². The van der Waals surface area contributed by atoms with E-state index in [1.165, 1.54) is 0 Å². The summed E-state index contributed by atoms with van der Waals surface area (Å²) >= 11 is 0. The van der Waals surface area contributed by atoms with Gasteiger partial charge in [-0.05, 0) is 30.7 Å². The van der Waals surface area contributed by atoms with Crippen molar-refractivity contribution in [2.45, 2.75) is 13.5 Å². The maximum absolute atomic E-state index is 11.6. The number of hydrogen-bond acceptors (Lipinski definition) is 4. The van der Waals surface area contributed by atoms with E-state index in [2.05, 4.69) is 17.6 Å². The lowest BCUT2D eigenvalue weighted by atomic mass is 10.1. The Kier molecular flexibility index (Phi) is 5.46. The van der Waals surface area contributed by atoms with Crippen LogP contribution in [0.1, 0.15) is 12.5 Å². The van der Waals surface area contributed by atoms with E-state index in [0.29, 0.717) is 19.7 Å². The molecule has 1 heterocycles. The fraction of sp³-hybridized carbons (Fsp3) is 0.294. The third-order valence-corrected chi connectivity index (χ3v) is 3.12. The maximum Gasteiger partial charge on any atom is 0.320 e. The molecule has 0 radical (unpaired) electrons. The number of aromatic nitrogens is 1. The minimum atomic E-state index is -0.207. The van der Waals surface area contributed by atoms with Crippen molar-refractivity contribution >= 4 is 16.9 Å². The fourth-order valence-electron chi connectivity index (χ4n) is 2.24. The molecule has 0 spiro atoms. The standard InChI is InChI=1S/C17H20N2O2/c1-3-10-19(13-17(20)21-4-2)12-14-7-8-16-15(11-14)6-5-9-18-16/h3,5-9,11H,1,4,10,12-13H2,2H3. The third-order valence-electron chi connectivity index (χ3n) is 3.12. The summed E-state index contributed by atoms with van der Waals surface area (Å²) in [7, 11) is 0. The zero-order chi connectivity index (χ0) is 15.1. The summed E-state index contributed by atoms with van der Waals surface area (Å²) in [6.07, 6.45) is 3.58. The number of hydrogen-bond donors (Lipinski definition) is 0. The normalized spacial score (nSPS) is 10.8. The average molecular weight is 284 g/mol. The van der Waals surface area contributed by atoms with Gasteiger partial charge in [0, 0.05) is 24.7 Å². The molecule has 0 amide bonds. The first-order valence-electron chi connectivity index (χ1n) is 7.05. The molecule has 0 aliphatic carbocycles. The first kappa shape index (κ1) is 15.2. The van der Waals surface area contributed by atoms with Crippen molar-refractivity contribution in [2.75, 3.05) is 19.7 Å². The molecular formula is C17H20N2O2. The van der Waals surface area contributed by atoms with Gasteiger partial charge in [0.1, 0.15) is 0 Å². The summed E-state index contributed by atoms with van der Waals surface area (Å²) < 4.78 is 5.00. The Hall–Kier alpha value is -2.20. The monoisotopic (exact) mass is 284 g/mol. The van der Waals surface area contributed by atoms with Crippen molar-refractivity contribution in [3.05, 3.63) is 54.7 Å². The van der Waals surface area contributed by atoms with Crippen LogP contribution in [0.25, 0.3) is 10.9 Å². The van der Waals surface area contributed by atoms with Gasteiger partial charge in [-0.1, -0.05) is 18.2 Å². The highest BCUT2D eigenvalue weighted by atomic mass is 16.5. The van der Waals surface area contributed by atoms with E-state index in [4.69, 9.17) is 4.74 Å². The highest BCUT2D eigenvalue weighted by Crippen LogP contribution is 2.15. The van der Waals surface area contributed by atoms with E-state index in [1.807, 2.05) is 36.1 Å². The van der Waals surface area contributed by atoms with Crippen LogP contribution in [0.3, 0.4) is 0 Å². The molecule has 0 aliphatic rings. The lowest BCUT2D eigenvalue weighted by Gasteiger charge is -2.19. The minimum Gasteiger partial charge on any atom is -0.465 e. The number of esters is 1. The Morgan fingerprint density at radius 2 is 2.29 bits per heavy atom. The Morgan fingerprint density at radius 3 is 3.05 bits per heavy atom. The highest BCUT2D eigenvalue weighted by Gasteiger charge is 2.11. The van der Waals surface area contributed by atoms with Gasteiger partial charge in [0.25, 0.3) is 0 Å². The van der Waals surface area contributed by atoms with Crippen LogP contribution >= 0.6 is 0 Å². The van der Waals surface area contributed by atoms with E-state index >= 15 is 0 Å². The van der Waals surface area contributed by atoms with Crippen molar-refractivity contribution in [3.63, 3.8) is 0 Å². The molecule has 0 unspecified atom stereocenters. The van der Waals surface area contributed by atoms with Gasteiger partial charge in [0.2, 0.25) is 0 Å². The highest BCUT2D eigenvalue weighted by molar-refractivity contribution is 5.78. The first-order chi connectivity index (χ1) is 10.2. The maximum atomic E-state index is 11.6. The van der Waals surface area contributed by atoms with Crippen LogP contribution in [-0.2, 0) is 16.1 Å². The van der Waals surface area contributed by atoms with Gasteiger partial charge in [-0.25, -0.2) is 0 Å². The fourth-order valence-corrected chi connectivity index (χ4v) is 2.24. The number of benzene rings is 1. The largest absolute Gasteiger partial charge is 0.465 e. The van der Waals surface area contributed by atoms with Crippen LogP contribution in [0.15, 0.2) is 49.2 Å². The first-order valence-corrected chi connectivity index (χ1v) is 7.05. The molecule has 21 heavy (non-hydrogen) atoms. The van der Waals surface area contributed by atoms with Gasteiger partial charge in [-0.3, -0.25) is 14.7 Å². The minimum absolute atomic E-state index is 0.207. The van der Waals surface area contributed by atoms with Crippen molar-refractivity contribution in [3.8, 4) is 0 Å². The van der Waals surface area contributed by atoms with E-state index in [9.17, 15) is 4.79 Å². The third kappa shape index (κ3) is 4.39. The average Bonchev–Trinajstić information content (AvgIpc) is 2.47. The van der Waals surface area contributed by atoms with E-state index in [1.54, 1.807) is 12.3 Å². The zero-order valence-electron chi connectivity index (χ0n) is 12.3. The summed E-state index contributed by atoms with van der Waals surface area (Å²) in [5.74, 6) is -0.207. The topological polar surface area (TPSA) is 42.4 Å². The summed E-state index contributed by atoms with van der Waals surface area (Å²) in [4.78, 5) is 17.9. The van der Waals surface area contributed by atoms with Crippen LogP contribution in [-0.4, -0.2) is 35.5 Å². The predicted molar refractivity (Wildman–Crippen MR) is 83.9 cm³/mol. The van der Waals surface area contributed by atoms with Crippen molar-refractivity contribution in [1.29, 1.82) is 0 Å². The molecule has 4 nitrogen and oxygen atoms in total. The molecule has 0 fully saturated rings. The SMILES string of the molecule is C=CCN(CC(=O)OCC)Cc1ccc2ncccc2c1.